The van der Waals surface area contributed by atoms with E-state index >= 15 is 0 Å². The van der Waals surface area contributed by atoms with Gasteiger partial charge in [-0.05, 0) is 6.92 Å². The van der Waals surface area contributed by atoms with Crippen LogP contribution < -0.4 is 10.6 Å². The molecule has 0 aliphatic carbocycles. The fourth-order valence-electron chi connectivity index (χ4n) is 1.85. The number of amides is 1. The van der Waals surface area contributed by atoms with Crippen LogP contribution in [0.4, 0.5) is 5.13 Å². The van der Waals surface area contributed by atoms with Gasteiger partial charge in [0.1, 0.15) is 4.88 Å². The molecule has 0 aromatic carbocycles. The Hall–Kier alpha value is -1.31. The lowest BCUT2D eigenvalue weighted by Gasteiger charge is -2.09. The molecule has 1 aliphatic rings. The lowest BCUT2D eigenvalue weighted by molar-refractivity contribution is 0.103. The molecule has 94 valence electrons. The Morgan fingerprint density at radius 1 is 1.56 bits per heavy atom. The molecule has 0 bridgehead atoms. The van der Waals surface area contributed by atoms with Gasteiger partial charge in [-0.2, -0.15) is 0 Å². The summed E-state index contributed by atoms with van der Waals surface area (Å²) in [5, 5.41) is 6.83. The van der Waals surface area contributed by atoms with Gasteiger partial charge in [-0.1, -0.05) is 0 Å². The Bertz CT molecular complexity index is 566. The molecule has 0 unspecified atom stereocenters. The maximum atomic E-state index is 12.0. The first-order valence-electron chi connectivity index (χ1n) is 5.65. The van der Waals surface area contributed by atoms with E-state index in [0.29, 0.717) is 10.0 Å². The lowest BCUT2D eigenvalue weighted by Crippen LogP contribution is -2.22. The predicted molar refractivity (Wildman–Crippen MR) is 72.3 cm³/mol. The average Bonchev–Trinajstić information content (AvgIpc) is 2.94. The second-order valence-corrected chi connectivity index (χ2v) is 5.98. The summed E-state index contributed by atoms with van der Waals surface area (Å²) in [5.41, 5.74) is 3.55. The summed E-state index contributed by atoms with van der Waals surface area (Å²) in [4.78, 5) is 22.4. The van der Waals surface area contributed by atoms with Gasteiger partial charge >= 0.3 is 0 Å². The Morgan fingerprint density at radius 2 is 2.44 bits per heavy atom. The van der Waals surface area contributed by atoms with Gasteiger partial charge in [-0.15, -0.1) is 22.7 Å². The minimum Gasteiger partial charge on any atom is -0.311 e. The molecule has 2 aromatic rings. The number of hydrogen-bond acceptors (Lipinski definition) is 6. The second kappa shape index (κ2) is 4.75. The van der Waals surface area contributed by atoms with Gasteiger partial charge in [-0.25, -0.2) is 9.97 Å². The van der Waals surface area contributed by atoms with Crippen molar-refractivity contribution in [2.24, 2.45) is 0 Å². The molecule has 0 spiro atoms. The third kappa shape index (κ3) is 2.16. The van der Waals surface area contributed by atoms with Crippen LogP contribution in [0.2, 0.25) is 0 Å². The second-order valence-electron chi connectivity index (χ2n) is 4.04. The Labute approximate surface area is 112 Å². The predicted octanol–water partition coefficient (Wildman–Crippen LogP) is 1.81. The van der Waals surface area contributed by atoms with E-state index in [9.17, 15) is 4.79 Å². The normalized spacial score (nSPS) is 14.3. The zero-order valence-corrected chi connectivity index (χ0v) is 11.5. The molecule has 3 rings (SSSR count). The average molecular weight is 280 g/mol. The molecule has 2 N–H and O–H groups in total. The highest BCUT2D eigenvalue weighted by molar-refractivity contribution is 7.16. The van der Waals surface area contributed by atoms with Gasteiger partial charge in [0.15, 0.2) is 5.13 Å². The van der Waals surface area contributed by atoms with Gasteiger partial charge < -0.3 is 5.32 Å². The van der Waals surface area contributed by atoms with Crippen molar-refractivity contribution in [3.8, 4) is 0 Å². The molecule has 0 saturated carbocycles. The number of thiazole rings is 2. The van der Waals surface area contributed by atoms with Crippen molar-refractivity contribution < 1.29 is 4.79 Å². The van der Waals surface area contributed by atoms with Crippen molar-refractivity contribution in [3.05, 3.63) is 26.7 Å². The number of carbonyl (C=O) groups excluding carboxylic acids is 1. The first-order chi connectivity index (χ1) is 8.74. The van der Waals surface area contributed by atoms with Crippen LogP contribution in [0.15, 0.2) is 5.51 Å². The monoisotopic (exact) mass is 280 g/mol. The minimum absolute atomic E-state index is 0.117. The number of anilines is 1. The van der Waals surface area contributed by atoms with Crippen molar-refractivity contribution in [2.45, 2.75) is 19.9 Å². The van der Waals surface area contributed by atoms with Crippen molar-refractivity contribution in [1.82, 2.24) is 15.3 Å². The maximum absolute atomic E-state index is 12.0. The summed E-state index contributed by atoms with van der Waals surface area (Å²) < 4.78 is 0. The first kappa shape index (κ1) is 11.8. The largest absolute Gasteiger partial charge is 0.311 e. The van der Waals surface area contributed by atoms with Crippen LogP contribution in [0.1, 0.15) is 25.9 Å². The fraction of sp³-hybridized carbons (Fsp3) is 0.364. The van der Waals surface area contributed by atoms with Crippen LogP contribution >= 0.6 is 22.7 Å². The van der Waals surface area contributed by atoms with Crippen molar-refractivity contribution in [1.29, 1.82) is 0 Å². The van der Waals surface area contributed by atoms with E-state index in [1.807, 2.05) is 6.92 Å². The number of aromatic nitrogens is 2. The van der Waals surface area contributed by atoms with E-state index in [0.717, 1.165) is 30.9 Å². The molecule has 18 heavy (non-hydrogen) atoms. The SMILES string of the molecule is Cc1ncsc1C(=O)Nc1nc2c(s1)CNCC2. The third-order valence-electron chi connectivity index (χ3n) is 2.77. The van der Waals surface area contributed by atoms with Gasteiger partial charge in [0.25, 0.3) is 5.91 Å². The summed E-state index contributed by atoms with van der Waals surface area (Å²) in [5.74, 6) is -0.117. The Balaban J connectivity index is 1.79. The summed E-state index contributed by atoms with van der Waals surface area (Å²) in [6.45, 7) is 3.64. The summed E-state index contributed by atoms with van der Waals surface area (Å²) >= 11 is 2.90. The molecule has 0 radical (unpaired) electrons. The summed E-state index contributed by atoms with van der Waals surface area (Å²) in [7, 11) is 0. The smallest absolute Gasteiger partial charge is 0.269 e. The molecular weight excluding hydrogens is 268 g/mol. The lowest BCUT2D eigenvalue weighted by atomic mass is 10.2. The first-order valence-corrected chi connectivity index (χ1v) is 7.34. The highest BCUT2D eigenvalue weighted by atomic mass is 32.1. The minimum atomic E-state index is -0.117. The van der Waals surface area contributed by atoms with Crippen LogP contribution in [-0.4, -0.2) is 22.4 Å². The highest BCUT2D eigenvalue weighted by Crippen LogP contribution is 2.26. The highest BCUT2D eigenvalue weighted by Gasteiger charge is 2.18. The number of aryl methyl sites for hydroxylation is 1. The van der Waals surface area contributed by atoms with Crippen molar-refractivity contribution >= 4 is 33.7 Å². The number of nitrogens with zero attached hydrogens (tertiary/aromatic N) is 2. The molecule has 0 fully saturated rings. The Kier molecular flexibility index (Phi) is 3.11. The zero-order valence-electron chi connectivity index (χ0n) is 9.82. The zero-order chi connectivity index (χ0) is 12.5. The molecule has 0 atom stereocenters. The van der Waals surface area contributed by atoms with Crippen LogP contribution in [0.5, 0.6) is 0 Å². The van der Waals surface area contributed by atoms with Crippen LogP contribution in [0.3, 0.4) is 0 Å². The summed E-state index contributed by atoms with van der Waals surface area (Å²) in [6, 6.07) is 0. The fourth-order valence-corrected chi connectivity index (χ4v) is 3.52. The molecule has 1 aliphatic heterocycles. The molecule has 2 aromatic heterocycles. The number of carbonyl (C=O) groups is 1. The molecule has 1 amide bonds. The summed E-state index contributed by atoms with van der Waals surface area (Å²) in [6.07, 6.45) is 0.932. The molecule has 0 saturated heterocycles. The van der Waals surface area contributed by atoms with E-state index < -0.39 is 0 Å². The number of rotatable bonds is 2. The van der Waals surface area contributed by atoms with Gasteiger partial charge in [0.05, 0.1) is 16.9 Å². The van der Waals surface area contributed by atoms with Gasteiger partial charge in [0.2, 0.25) is 0 Å². The van der Waals surface area contributed by atoms with E-state index in [-0.39, 0.29) is 5.91 Å². The Morgan fingerprint density at radius 3 is 3.17 bits per heavy atom. The quantitative estimate of drug-likeness (QED) is 0.880. The van der Waals surface area contributed by atoms with Crippen LogP contribution in [0.25, 0.3) is 0 Å². The van der Waals surface area contributed by atoms with Crippen LogP contribution in [-0.2, 0) is 13.0 Å². The number of hydrogen-bond donors (Lipinski definition) is 2. The third-order valence-corrected chi connectivity index (χ3v) is 4.71. The van der Waals surface area contributed by atoms with Gasteiger partial charge in [-0.3, -0.25) is 10.1 Å². The van der Waals surface area contributed by atoms with E-state index in [2.05, 4.69) is 20.6 Å². The molecule has 7 heteroatoms. The van der Waals surface area contributed by atoms with E-state index in [1.54, 1.807) is 16.8 Å². The maximum Gasteiger partial charge on any atom is 0.269 e. The van der Waals surface area contributed by atoms with Crippen LogP contribution in [0, 0.1) is 6.92 Å². The number of fused-ring (bicyclic) bond motifs is 1. The van der Waals surface area contributed by atoms with Gasteiger partial charge in [0, 0.05) is 24.4 Å². The molecule has 5 nitrogen and oxygen atoms in total. The standard InChI is InChI=1S/C11H12N4OS2/c1-6-9(17-5-13-6)10(16)15-11-14-7-2-3-12-4-8(7)18-11/h5,12H,2-4H2,1H3,(H,14,15,16). The molecular formula is C11H12N4OS2. The van der Waals surface area contributed by atoms with Crippen molar-refractivity contribution in [2.75, 3.05) is 11.9 Å². The molecule has 3 heterocycles. The van der Waals surface area contributed by atoms with Crippen molar-refractivity contribution in [3.63, 3.8) is 0 Å². The topological polar surface area (TPSA) is 66.9 Å². The van der Waals surface area contributed by atoms with E-state index in [4.69, 9.17) is 0 Å². The van der Waals surface area contributed by atoms with E-state index in [1.165, 1.54) is 16.2 Å². The number of nitrogens with one attached hydrogen (secondary N) is 2.